The number of benzene rings is 6. The third-order valence-corrected chi connectivity index (χ3v) is 18.3. The van der Waals surface area contributed by atoms with Crippen LogP contribution in [0, 0.1) is 0 Å². The van der Waals surface area contributed by atoms with Crippen LogP contribution in [0.1, 0.15) is 143 Å². The molecule has 0 aromatic heterocycles. The predicted octanol–water partition coefficient (Wildman–Crippen LogP) is 10.5. The average molecular weight is 1140 g/mol. The number of piperazine rings is 1. The van der Waals surface area contributed by atoms with Crippen LogP contribution < -0.4 is 30.2 Å². The van der Waals surface area contributed by atoms with Crippen molar-refractivity contribution in [1.29, 1.82) is 0 Å². The molecule has 0 saturated carbocycles. The summed E-state index contributed by atoms with van der Waals surface area (Å²) in [6.45, 7) is 24.1. The van der Waals surface area contributed by atoms with E-state index in [0.717, 1.165) is 81.9 Å². The molecule has 2 unspecified atom stereocenters. The van der Waals surface area contributed by atoms with Gasteiger partial charge in [0.15, 0.2) is 11.2 Å². The minimum atomic E-state index is -1.14. The van der Waals surface area contributed by atoms with Gasteiger partial charge in [-0.1, -0.05) is 60.7 Å². The highest BCUT2D eigenvalue weighted by molar-refractivity contribution is 6.63. The average Bonchev–Trinajstić information content (AvgIpc) is 1.96. The molecule has 8 heterocycles. The summed E-state index contributed by atoms with van der Waals surface area (Å²) in [7, 11) is -1.09. The van der Waals surface area contributed by atoms with Crippen LogP contribution in [0.2, 0.25) is 0 Å². The van der Waals surface area contributed by atoms with Gasteiger partial charge < -0.3 is 52.3 Å². The van der Waals surface area contributed by atoms with Crippen molar-refractivity contribution in [3.63, 3.8) is 0 Å². The number of hydrogen-bond acceptors (Lipinski definition) is 14. The van der Waals surface area contributed by atoms with E-state index in [-0.39, 0.29) is 23.1 Å². The molecule has 0 radical (unpaired) electrons. The maximum absolute atomic E-state index is 13.2. The first kappa shape index (κ1) is 56.3. The lowest BCUT2D eigenvalue weighted by Gasteiger charge is -2.39. The van der Waals surface area contributed by atoms with Crippen molar-refractivity contribution in [3.05, 3.63) is 166 Å². The van der Waals surface area contributed by atoms with Gasteiger partial charge in [-0.3, -0.25) is 9.59 Å². The van der Waals surface area contributed by atoms with E-state index in [1.165, 1.54) is 26.2 Å². The number of piperidine rings is 1. The quantitative estimate of drug-likeness (QED) is 0.0935. The maximum Gasteiger partial charge on any atom is 0.494 e. The third kappa shape index (κ3) is 9.47. The van der Waals surface area contributed by atoms with E-state index in [4.69, 9.17) is 37.6 Å². The highest BCUT2D eigenvalue weighted by Gasteiger charge is 2.58. The van der Waals surface area contributed by atoms with Crippen LogP contribution in [0.5, 0.6) is 23.0 Å². The number of esters is 2. The second-order valence-corrected chi connectivity index (χ2v) is 25.0. The Balaban J connectivity index is 0.000000154. The van der Waals surface area contributed by atoms with Gasteiger partial charge in [0, 0.05) is 110 Å². The van der Waals surface area contributed by atoms with Gasteiger partial charge in [0.1, 0.15) is 23.0 Å². The number of ether oxygens (including phenoxy) is 4. The van der Waals surface area contributed by atoms with Crippen LogP contribution in [0.25, 0.3) is 0 Å². The Bertz CT molecular complexity index is 3590. The van der Waals surface area contributed by atoms with Crippen molar-refractivity contribution in [2.75, 3.05) is 49.1 Å². The van der Waals surface area contributed by atoms with E-state index in [1.807, 2.05) is 163 Å². The van der Waals surface area contributed by atoms with Crippen LogP contribution in [0.3, 0.4) is 0 Å². The molecule has 8 aliphatic heterocycles. The highest BCUT2D eigenvalue weighted by Crippen LogP contribution is 2.58. The van der Waals surface area contributed by atoms with Crippen LogP contribution in [0.15, 0.2) is 121 Å². The molecule has 2 spiro atoms. The zero-order valence-corrected chi connectivity index (χ0v) is 49.4. The van der Waals surface area contributed by atoms with Gasteiger partial charge in [-0.2, -0.15) is 0 Å². The summed E-state index contributed by atoms with van der Waals surface area (Å²) in [5.74, 6) is 1.97. The maximum atomic E-state index is 13.2. The van der Waals surface area contributed by atoms with Crippen LogP contribution >= 0.6 is 11.6 Å². The number of hydrogen-bond donors (Lipinski definition) is 0. The molecule has 6 aromatic carbocycles. The van der Waals surface area contributed by atoms with Gasteiger partial charge in [0.25, 0.3) is 0 Å². The number of anilines is 2. The Hall–Kier alpha value is -7.14. The smallest absolute Gasteiger partial charge is 0.456 e. The second kappa shape index (κ2) is 20.6. The highest BCUT2D eigenvalue weighted by atomic mass is 35.5. The molecule has 4 fully saturated rings. The molecule has 15 nitrogen and oxygen atoms in total. The first-order chi connectivity index (χ1) is 39.4. The molecule has 0 bridgehead atoms. The summed E-state index contributed by atoms with van der Waals surface area (Å²) in [4.78, 5) is 54.0. The Morgan fingerprint density at radius 2 is 0.795 bits per heavy atom. The van der Waals surface area contributed by atoms with Crippen molar-refractivity contribution in [1.82, 2.24) is 4.90 Å². The second-order valence-electron chi connectivity index (χ2n) is 24.5. The number of nitrogens with zero attached hydrogens (tertiary/aromatic N) is 3. The molecule has 6 aromatic rings. The summed E-state index contributed by atoms with van der Waals surface area (Å²) >= 11 is 4.64. The zero-order valence-electron chi connectivity index (χ0n) is 48.7. The molecule has 0 N–H and O–H groups in total. The number of halogens is 1. The fraction of sp³-hybridized carbons (Fsp3) is 0.385. The van der Waals surface area contributed by atoms with Gasteiger partial charge in [0.2, 0.25) is 11.1 Å². The molecule has 83 heavy (non-hydrogen) atoms. The van der Waals surface area contributed by atoms with Crippen LogP contribution in [-0.2, 0) is 48.9 Å². The van der Waals surface area contributed by atoms with E-state index < -0.39 is 47.8 Å². The third-order valence-electron chi connectivity index (χ3n) is 18.3. The number of carbonyl (C=O) groups excluding carboxylic acids is 4. The van der Waals surface area contributed by atoms with Crippen molar-refractivity contribution in [3.8, 4) is 23.0 Å². The molecular weight excluding hydrogens is 1070 g/mol. The van der Waals surface area contributed by atoms with Crippen LogP contribution in [0.4, 0.5) is 11.4 Å². The van der Waals surface area contributed by atoms with Crippen molar-refractivity contribution < 1.29 is 56.7 Å². The van der Waals surface area contributed by atoms with E-state index >= 15 is 0 Å². The van der Waals surface area contributed by atoms with Gasteiger partial charge in [0.05, 0.1) is 33.5 Å². The summed E-state index contributed by atoms with van der Waals surface area (Å²) in [6, 6.07) is 39.4. The van der Waals surface area contributed by atoms with Crippen molar-refractivity contribution in [2.24, 2.45) is 0 Å². The van der Waals surface area contributed by atoms with Gasteiger partial charge in [-0.25, -0.2) is 9.59 Å². The summed E-state index contributed by atoms with van der Waals surface area (Å²) < 4.78 is 51.2. The van der Waals surface area contributed by atoms with E-state index in [1.54, 1.807) is 6.92 Å². The minimum absolute atomic E-state index is 0.0940. The number of fused-ring (bicyclic) bond motifs is 12. The zero-order chi connectivity index (χ0) is 58.6. The van der Waals surface area contributed by atoms with Gasteiger partial charge in [-0.15, -0.1) is 0 Å². The first-order valence-corrected chi connectivity index (χ1v) is 29.0. The lowest BCUT2D eigenvalue weighted by molar-refractivity contribution is -0.129. The van der Waals surface area contributed by atoms with Crippen LogP contribution in [-0.4, -0.2) is 104 Å². The largest absolute Gasteiger partial charge is 0.494 e. The first-order valence-electron chi connectivity index (χ1n) is 28.7. The summed E-state index contributed by atoms with van der Waals surface area (Å²) in [5.41, 5.74) is 5.66. The molecule has 8 aliphatic rings. The molecule has 428 valence electrons. The standard InChI is InChI=1S/C32H33BN2O6.C31H32BNO5.C2H3ClO/c1-20(36)34-14-16-35(17-15-34)22-11-13-26-28(19-22)38-27-18-21(33-40-30(2,3)31(4,5)41-33)10-12-25(27)32(26)24-9-7-6-8-23(24)29(37)39-32;1-29(2)30(3,4)38-32(37-29)20-12-14-24-26(18-20)35-27-19-21(33-16-8-5-9-17-33)13-15-25(27)31(24)23-11-7-6-10-22(23)28(34)36-31;1-2(3)4/h6-13,18-19H,14-17H2,1-5H3;6-7,10-15,18-19H,5,8-9,16-17H2,1-4H3;1H3. The fourth-order valence-electron chi connectivity index (χ4n) is 12.4. The van der Waals surface area contributed by atoms with E-state index in [2.05, 4.69) is 39.6 Å². The van der Waals surface area contributed by atoms with E-state index in [9.17, 15) is 19.2 Å². The lowest BCUT2D eigenvalue weighted by atomic mass is 9.74. The molecule has 4 saturated heterocycles. The Morgan fingerprint density at radius 3 is 1.18 bits per heavy atom. The summed E-state index contributed by atoms with van der Waals surface area (Å²) in [6.07, 6.45) is 3.64. The fourth-order valence-corrected chi connectivity index (χ4v) is 12.4. The monoisotopic (exact) mass is 1140 g/mol. The molecule has 0 aliphatic carbocycles. The van der Waals surface area contributed by atoms with E-state index in [0.29, 0.717) is 47.2 Å². The topological polar surface area (TPSA) is 152 Å². The summed E-state index contributed by atoms with van der Waals surface area (Å²) in [5, 5.41) is -0.361. The number of carbonyl (C=O) groups is 4. The minimum Gasteiger partial charge on any atom is -0.456 e. The molecule has 14 rings (SSSR count). The molecule has 18 heteroatoms. The predicted molar refractivity (Wildman–Crippen MR) is 318 cm³/mol. The van der Waals surface area contributed by atoms with Crippen molar-refractivity contribution in [2.45, 2.75) is 122 Å². The SMILES string of the molecule is CC(=O)Cl.CC(=O)N1CCN(c2ccc3c(c2)Oc2cc(B4OC(C)(C)C(C)(C)O4)ccc2C32OC(=O)c3ccccc32)CC1.CC1(C)OB(c2ccc3c(c2)Oc2cc(N4CCCCC4)ccc2C32OC(=O)c3ccccc32)OC1(C)C. The van der Waals surface area contributed by atoms with Gasteiger partial charge >= 0.3 is 26.2 Å². The molecule has 2 atom stereocenters. The number of amides is 1. The van der Waals surface area contributed by atoms with Crippen molar-refractivity contribution >= 4 is 71.2 Å². The molecule has 1 amide bonds. The normalized spacial score (nSPS) is 23.1. The molecular formula is C65H68B2ClN3O12. The Labute approximate surface area is 490 Å². The van der Waals surface area contributed by atoms with Gasteiger partial charge in [-0.05, 0) is 146 Å². The lowest BCUT2D eigenvalue weighted by Crippen LogP contribution is -2.48. The Kier molecular flexibility index (Phi) is 14.0. The number of rotatable bonds is 4. The Morgan fingerprint density at radius 1 is 0.446 bits per heavy atom.